The molecule has 0 aliphatic heterocycles. The van der Waals surface area contributed by atoms with E-state index in [1.165, 1.54) is 12.3 Å². The minimum atomic E-state index is -0.178. The van der Waals surface area contributed by atoms with Gasteiger partial charge in [0.25, 0.3) is 0 Å². The molecule has 0 amide bonds. The lowest BCUT2D eigenvalue weighted by Gasteiger charge is -1.99. The van der Waals surface area contributed by atoms with Gasteiger partial charge in [-0.25, -0.2) is 0 Å². The topological polar surface area (TPSA) is 46.5 Å². The fourth-order valence-corrected chi connectivity index (χ4v) is 2.66. The summed E-state index contributed by atoms with van der Waals surface area (Å²) in [4.78, 5) is 28.7. The lowest BCUT2D eigenvalue weighted by Crippen LogP contribution is -1.99. The van der Waals surface area contributed by atoms with Crippen molar-refractivity contribution in [2.75, 3.05) is 0 Å². The van der Waals surface area contributed by atoms with Gasteiger partial charge in [-0.1, -0.05) is 76.6 Å². The van der Waals surface area contributed by atoms with E-state index in [1.807, 2.05) is 30.3 Å². The molecule has 0 aromatic heterocycles. The maximum Gasteiger partial charge on any atom is 0.204 e. The highest BCUT2D eigenvalue weighted by Gasteiger charge is 2.04. The monoisotopic (exact) mass is 417 g/mol. The summed E-state index contributed by atoms with van der Waals surface area (Å²) in [6, 6.07) is 23.5. The number of hydrogen-bond acceptors (Lipinski definition) is 3. The molecule has 0 aliphatic carbocycles. The summed E-state index contributed by atoms with van der Waals surface area (Å²) in [5, 5.41) is 0. The summed E-state index contributed by atoms with van der Waals surface area (Å²) < 4.78 is 0.988. The van der Waals surface area contributed by atoms with Crippen LogP contribution in [0.15, 0.2) is 94.4 Å². The highest BCUT2D eigenvalue weighted by Crippen LogP contribution is 2.16. The Labute approximate surface area is 166 Å². The molecular formula is C23H16BrNO2. The molecule has 0 unspecified atom stereocenters. The third kappa shape index (κ3) is 5.43. The Hall–Kier alpha value is -3.11. The van der Waals surface area contributed by atoms with Crippen molar-refractivity contribution in [1.82, 2.24) is 0 Å². The zero-order chi connectivity index (χ0) is 19.1. The number of carbonyl (C=O) groups excluding carboxylic acids is 2. The van der Waals surface area contributed by atoms with Crippen molar-refractivity contribution in [2.24, 2.45) is 4.99 Å². The van der Waals surface area contributed by atoms with Crippen LogP contribution in [-0.4, -0.2) is 17.8 Å². The van der Waals surface area contributed by atoms with Gasteiger partial charge in [-0.05, 0) is 35.9 Å². The minimum Gasteiger partial charge on any atom is -0.289 e. The van der Waals surface area contributed by atoms with Crippen LogP contribution < -0.4 is 0 Å². The van der Waals surface area contributed by atoms with Gasteiger partial charge in [-0.2, -0.15) is 0 Å². The number of aliphatic imine (C=N–C) groups is 1. The normalized spacial score (nSPS) is 11.1. The van der Waals surface area contributed by atoms with Gasteiger partial charge in [-0.15, -0.1) is 0 Å². The lowest BCUT2D eigenvalue weighted by molar-refractivity contribution is 0.104. The molecule has 0 heterocycles. The summed E-state index contributed by atoms with van der Waals surface area (Å²) >= 11 is 3.38. The molecule has 0 N–H and O–H groups in total. The van der Waals surface area contributed by atoms with Crippen LogP contribution in [-0.2, 0) is 0 Å². The first-order valence-electron chi connectivity index (χ1n) is 8.33. The van der Waals surface area contributed by atoms with E-state index in [0.717, 1.165) is 10.0 Å². The SMILES string of the molecule is O=C(C=Nc1cccc(C(=O)C=Cc2ccc(Br)cc2)c1)c1ccccc1. The molecule has 0 spiro atoms. The van der Waals surface area contributed by atoms with Crippen LogP contribution in [0.5, 0.6) is 0 Å². The Bertz CT molecular complexity index is 1010. The average molecular weight is 418 g/mol. The fraction of sp³-hybridized carbons (Fsp3) is 0. The lowest BCUT2D eigenvalue weighted by atomic mass is 10.1. The molecule has 0 atom stereocenters. The number of rotatable bonds is 6. The number of Topliss-reactive ketones (excluding diaryl/α,β-unsaturated/α-hetero) is 1. The molecule has 3 nitrogen and oxygen atoms in total. The van der Waals surface area contributed by atoms with E-state index in [-0.39, 0.29) is 11.6 Å². The standard InChI is InChI=1S/C23H16BrNO2/c24-20-12-9-17(10-13-20)11-14-22(26)19-7-4-8-21(15-19)25-16-23(27)18-5-2-1-3-6-18/h1-16H. The number of ketones is 2. The maximum absolute atomic E-state index is 12.4. The molecule has 0 aliphatic rings. The zero-order valence-corrected chi connectivity index (χ0v) is 16.0. The third-order valence-corrected chi connectivity index (χ3v) is 4.35. The van der Waals surface area contributed by atoms with Crippen molar-refractivity contribution in [3.63, 3.8) is 0 Å². The Balaban J connectivity index is 1.71. The molecule has 27 heavy (non-hydrogen) atoms. The Morgan fingerprint density at radius 3 is 2.22 bits per heavy atom. The van der Waals surface area contributed by atoms with Crippen molar-refractivity contribution >= 4 is 45.5 Å². The van der Waals surface area contributed by atoms with Gasteiger partial charge in [0.1, 0.15) is 0 Å². The molecule has 0 bridgehead atoms. The predicted molar refractivity (Wildman–Crippen MR) is 113 cm³/mol. The summed E-state index contributed by atoms with van der Waals surface area (Å²) in [5.74, 6) is -0.299. The van der Waals surface area contributed by atoms with Gasteiger partial charge < -0.3 is 0 Å². The van der Waals surface area contributed by atoms with Crippen molar-refractivity contribution in [3.05, 3.63) is 106 Å². The second-order valence-corrected chi connectivity index (χ2v) is 6.70. The summed E-state index contributed by atoms with van der Waals surface area (Å²) in [5.41, 5.74) is 2.59. The second-order valence-electron chi connectivity index (χ2n) is 5.79. The largest absolute Gasteiger partial charge is 0.289 e. The van der Waals surface area contributed by atoms with E-state index < -0.39 is 0 Å². The van der Waals surface area contributed by atoms with E-state index >= 15 is 0 Å². The number of allylic oxidation sites excluding steroid dienone is 1. The van der Waals surface area contributed by atoms with Gasteiger partial charge in [-0.3, -0.25) is 14.6 Å². The predicted octanol–water partition coefficient (Wildman–Crippen LogP) is 5.93. The van der Waals surface area contributed by atoms with Crippen molar-refractivity contribution in [2.45, 2.75) is 0 Å². The molecule has 3 aromatic rings. The third-order valence-electron chi connectivity index (χ3n) is 3.82. The van der Waals surface area contributed by atoms with E-state index in [9.17, 15) is 9.59 Å². The molecule has 3 aromatic carbocycles. The van der Waals surface area contributed by atoms with Crippen LogP contribution in [0, 0.1) is 0 Å². The highest BCUT2D eigenvalue weighted by molar-refractivity contribution is 9.10. The molecule has 0 saturated heterocycles. The van der Waals surface area contributed by atoms with Crippen molar-refractivity contribution in [3.8, 4) is 0 Å². The van der Waals surface area contributed by atoms with E-state index in [4.69, 9.17) is 0 Å². The van der Waals surface area contributed by atoms with E-state index in [1.54, 1.807) is 54.6 Å². The molecule has 3 rings (SSSR count). The molecule has 0 fully saturated rings. The summed E-state index contributed by atoms with van der Waals surface area (Å²) in [6.07, 6.45) is 4.57. The van der Waals surface area contributed by atoms with Crippen molar-refractivity contribution in [1.29, 1.82) is 0 Å². The Kier molecular flexibility index (Phi) is 6.23. The molecular weight excluding hydrogens is 402 g/mol. The van der Waals surface area contributed by atoms with Crippen LogP contribution in [0.2, 0.25) is 0 Å². The van der Waals surface area contributed by atoms with Gasteiger partial charge >= 0.3 is 0 Å². The zero-order valence-electron chi connectivity index (χ0n) is 14.4. The van der Waals surface area contributed by atoms with Gasteiger partial charge in [0.15, 0.2) is 5.78 Å². The van der Waals surface area contributed by atoms with Crippen molar-refractivity contribution < 1.29 is 9.59 Å². The molecule has 132 valence electrons. The first kappa shape index (κ1) is 18.7. The van der Waals surface area contributed by atoms with E-state index in [2.05, 4.69) is 20.9 Å². The summed E-state index contributed by atoms with van der Waals surface area (Å²) in [6.45, 7) is 0. The molecule has 0 saturated carbocycles. The molecule has 0 radical (unpaired) electrons. The number of carbonyl (C=O) groups is 2. The maximum atomic E-state index is 12.4. The summed E-state index contributed by atoms with van der Waals surface area (Å²) in [7, 11) is 0. The second kappa shape index (κ2) is 9.01. The number of hydrogen-bond donors (Lipinski definition) is 0. The Morgan fingerprint density at radius 1 is 0.778 bits per heavy atom. The number of halogens is 1. The minimum absolute atomic E-state index is 0.121. The number of benzene rings is 3. The van der Waals surface area contributed by atoms with Crippen LogP contribution in [0.25, 0.3) is 6.08 Å². The number of nitrogens with zero attached hydrogens (tertiary/aromatic N) is 1. The first-order valence-corrected chi connectivity index (χ1v) is 9.12. The fourth-order valence-electron chi connectivity index (χ4n) is 2.39. The van der Waals surface area contributed by atoms with Crippen LogP contribution >= 0.6 is 15.9 Å². The van der Waals surface area contributed by atoms with Gasteiger partial charge in [0, 0.05) is 15.6 Å². The average Bonchev–Trinajstić information content (AvgIpc) is 2.72. The van der Waals surface area contributed by atoms with Crippen LogP contribution in [0.3, 0.4) is 0 Å². The molecule has 4 heteroatoms. The van der Waals surface area contributed by atoms with Gasteiger partial charge in [0.05, 0.1) is 11.9 Å². The van der Waals surface area contributed by atoms with Crippen LogP contribution in [0.1, 0.15) is 26.3 Å². The highest BCUT2D eigenvalue weighted by atomic mass is 79.9. The van der Waals surface area contributed by atoms with Crippen LogP contribution in [0.4, 0.5) is 5.69 Å². The van der Waals surface area contributed by atoms with Gasteiger partial charge in [0.2, 0.25) is 5.78 Å². The first-order chi connectivity index (χ1) is 13.1. The van der Waals surface area contributed by atoms with E-state index in [0.29, 0.717) is 16.8 Å². The smallest absolute Gasteiger partial charge is 0.204 e. The quantitative estimate of drug-likeness (QED) is 0.283. The Morgan fingerprint density at radius 2 is 1.48 bits per heavy atom.